The number of carbonyl (C=O) groups excluding carboxylic acids is 1. The van der Waals surface area contributed by atoms with Crippen LogP contribution in [0.1, 0.15) is 33.6 Å². The Morgan fingerprint density at radius 2 is 2.08 bits per heavy atom. The fraction of sp³-hybridized carbons (Fsp3) is 0.889. The topological polar surface area (TPSA) is 38.3 Å². The summed E-state index contributed by atoms with van der Waals surface area (Å²) in [5.74, 6) is -0.0454. The van der Waals surface area contributed by atoms with Crippen LogP contribution < -0.4 is 5.32 Å². The highest BCUT2D eigenvalue weighted by Crippen LogP contribution is 2.09. The lowest BCUT2D eigenvalue weighted by molar-refractivity contribution is -0.126. The van der Waals surface area contributed by atoms with Crippen molar-refractivity contribution in [3.8, 4) is 0 Å². The molecule has 0 saturated heterocycles. The van der Waals surface area contributed by atoms with Crippen LogP contribution in [0, 0.1) is 0 Å². The first kappa shape index (κ1) is 11.4. The van der Waals surface area contributed by atoms with Crippen molar-refractivity contribution < 1.29 is 9.53 Å². The number of hydrogen-bond acceptors (Lipinski definition) is 2. The third-order valence-corrected chi connectivity index (χ3v) is 1.63. The minimum atomic E-state index is -0.107. The van der Waals surface area contributed by atoms with Crippen molar-refractivity contribution in [1.29, 1.82) is 0 Å². The molecule has 0 atom stereocenters. The van der Waals surface area contributed by atoms with E-state index in [9.17, 15) is 4.79 Å². The molecule has 3 nitrogen and oxygen atoms in total. The minimum absolute atomic E-state index is 0.0454. The number of amides is 1. The van der Waals surface area contributed by atoms with Crippen LogP contribution in [-0.2, 0) is 9.53 Å². The van der Waals surface area contributed by atoms with E-state index in [-0.39, 0.29) is 18.1 Å². The molecular formula is C9H19NO2. The lowest BCUT2D eigenvalue weighted by Gasteiger charge is -2.25. The van der Waals surface area contributed by atoms with E-state index in [1.807, 2.05) is 13.8 Å². The number of nitrogens with one attached hydrogen (secondary N) is 1. The van der Waals surface area contributed by atoms with Gasteiger partial charge in [0.15, 0.2) is 0 Å². The van der Waals surface area contributed by atoms with Gasteiger partial charge in [0.2, 0.25) is 5.91 Å². The van der Waals surface area contributed by atoms with E-state index in [1.165, 1.54) is 7.11 Å². The maximum atomic E-state index is 11.1. The van der Waals surface area contributed by atoms with Gasteiger partial charge in [-0.05, 0) is 20.3 Å². The van der Waals surface area contributed by atoms with Crippen LogP contribution in [0.15, 0.2) is 0 Å². The van der Waals surface area contributed by atoms with Crippen LogP contribution in [-0.4, -0.2) is 25.2 Å². The smallest absolute Gasteiger partial charge is 0.246 e. The summed E-state index contributed by atoms with van der Waals surface area (Å²) in [5.41, 5.74) is -0.107. The average molecular weight is 173 g/mol. The Kier molecular flexibility index (Phi) is 4.90. The third-order valence-electron chi connectivity index (χ3n) is 1.63. The predicted octanol–water partition coefficient (Wildman–Crippen LogP) is 1.33. The molecule has 0 aliphatic carbocycles. The van der Waals surface area contributed by atoms with Gasteiger partial charge in [-0.1, -0.05) is 13.3 Å². The van der Waals surface area contributed by atoms with E-state index >= 15 is 0 Å². The van der Waals surface area contributed by atoms with Crippen molar-refractivity contribution in [2.24, 2.45) is 0 Å². The summed E-state index contributed by atoms with van der Waals surface area (Å²) in [6, 6.07) is 0. The number of rotatable bonds is 5. The highest BCUT2D eigenvalue weighted by molar-refractivity contribution is 5.77. The van der Waals surface area contributed by atoms with Gasteiger partial charge in [0.05, 0.1) is 0 Å². The zero-order valence-electron chi connectivity index (χ0n) is 8.44. The van der Waals surface area contributed by atoms with Gasteiger partial charge in [-0.25, -0.2) is 0 Å². The Balaban J connectivity index is 3.79. The van der Waals surface area contributed by atoms with E-state index in [0.717, 1.165) is 12.8 Å². The van der Waals surface area contributed by atoms with Crippen LogP contribution in [0.4, 0.5) is 0 Å². The van der Waals surface area contributed by atoms with E-state index in [0.29, 0.717) is 0 Å². The van der Waals surface area contributed by atoms with Crippen molar-refractivity contribution in [1.82, 2.24) is 5.32 Å². The first-order valence-electron chi connectivity index (χ1n) is 4.32. The van der Waals surface area contributed by atoms with Gasteiger partial charge in [0.25, 0.3) is 0 Å². The van der Waals surface area contributed by atoms with E-state index in [1.54, 1.807) is 0 Å². The van der Waals surface area contributed by atoms with Crippen LogP contribution in [0.3, 0.4) is 0 Å². The molecule has 72 valence electrons. The van der Waals surface area contributed by atoms with Crippen LogP contribution in [0.5, 0.6) is 0 Å². The molecule has 0 unspecified atom stereocenters. The summed E-state index contributed by atoms with van der Waals surface area (Å²) in [6.07, 6.45) is 2.06. The van der Waals surface area contributed by atoms with Crippen molar-refractivity contribution in [3.05, 3.63) is 0 Å². The van der Waals surface area contributed by atoms with Crippen molar-refractivity contribution in [2.45, 2.75) is 39.2 Å². The fourth-order valence-electron chi connectivity index (χ4n) is 1.23. The Bertz CT molecular complexity index is 143. The van der Waals surface area contributed by atoms with E-state index in [4.69, 9.17) is 4.74 Å². The summed E-state index contributed by atoms with van der Waals surface area (Å²) < 4.78 is 4.72. The molecule has 12 heavy (non-hydrogen) atoms. The summed E-state index contributed by atoms with van der Waals surface area (Å²) in [5, 5.41) is 2.89. The Hall–Kier alpha value is -0.570. The molecule has 0 aromatic heterocycles. The molecule has 0 aliphatic rings. The Morgan fingerprint density at radius 1 is 1.50 bits per heavy atom. The quantitative estimate of drug-likeness (QED) is 0.681. The second kappa shape index (κ2) is 5.14. The largest absolute Gasteiger partial charge is 0.375 e. The molecule has 0 bridgehead atoms. The molecule has 1 amide bonds. The third kappa shape index (κ3) is 5.13. The molecule has 0 spiro atoms. The molecule has 0 aliphatic heterocycles. The van der Waals surface area contributed by atoms with E-state index in [2.05, 4.69) is 12.2 Å². The predicted molar refractivity (Wildman–Crippen MR) is 49.0 cm³/mol. The molecule has 0 aromatic carbocycles. The highest BCUT2D eigenvalue weighted by Gasteiger charge is 2.18. The van der Waals surface area contributed by atoms with Gasteiger partial charge in [-0.2, -0.15) is 0 Å². The molecule has 0 radical (unpaired) electrons. The lowest BCUT2D eigenvalue weighted by Crippen LogP contribution is -2.44. The molecule has 3 heteroatoms. The number of methoxy groups -OCH3 is 1. The minimum Gasteiger partial charge on any atom is -0.375 e. The lowest BCUT2D eigenvalue weighted by atomic mass is 9.99. The zero-order chi connectivity index (χ0) is 9.61. The van der Waals surface area contributed by atoms with Gasteiger partial charge in [-0.15, -0.1) is 0 Å². The van der Waals surface area contributed by atoms with Gasteiger partial charge < -0.3 is 10.1 Å². The van der Waals surface area contributed by atoms with Crippen molar-refractivity contribution in [2.75, 3.05) is 13.7 Å². The molecule has 0 heterocycles. The zero-order valence-corrected chi connectivity index (χ0v) is 8.44. The average Bonchev–Trinajstić information content (AvgIpc) is 1.85. The molecule has 0 fully saturated rings. The molecule has 0 saturated carbocycles. The summed E-state index contributed by atoms with van der Waals surface area (Å²) in [6.45, 7) is 6.28. The van der Waals surface area contributed by atoms with Gasteiger partial charge in [0, 0.05) is 12.6 Å². The first-order chi connectivity index (χ1) is 5.52. The van der Waals surface area contributed by atoms with Gasteiger partial charge >= 0.3 is 0 Å². The van der Waals surface area contributed by atoms with Crippen LogP contribution in [0.25, 0.3) is 0 Å². The summed E-state index contributed by atoms with van der Waals surface area (Å²) >= 11 is 0. The highest BCUT2D eigenvalue weighted by atomic mass is 16.5. The molecule has 0 aromatic rings. The molecule has 1 N–H and O–H groups in total. The first-order valence-corrected chi connectivity index (χ1v) is 4.32. The Labute approximate surface area is 74.5 Å². The maximum absolute atomic E-state index is 11.1. The number of carbonyl (C=O) groups is 1. The van der Waals surface area contributed by atoms with Gasteiger partial charge in [-0.3, -0.25) is 4.79 Å². The summed E-state index contributed by atoms with van der Waals surface area (Å²) in [4.78, 5) is 11.1. The van der Waals surface area contributed by atoms with Gasteiger partial charge in [0.1, 0.15) is 6.61 Å². The monoisotopic (exact) mass is 173 g/mol. The molecular weight excluding hydrogens is 154 g/mol. The van der Waals surface area contributed by atoms with Crippen LogP contribution in [0.2, 0.25) is 0 Å². The summed E-state index contributed by atoms with van der Waals surface area (Å²) in [7, 11) is 1.52. The van der Waals surface area contributed by atoms with Crippen molar-refractivity contribution in [3.63, 3.8) is 0 Å². The molecule has 0 rings (SSSR count). The van der Waals surface area contributed by atoms with E-state index < -0.39 is 0 Å². The second-order valence-corrected chi connectivity index (χ2v) is 3.62. The maximum Gasteiger partial charge on any atom is 0.246 e. The Morgan fingerprint density at radius 3 is 2.50 bits per heavy atom. The number of ether oxygens (including phenoxy) is 1. The number of hydrogen-bond donors (Lipinski definition) is 1. The van der Waals surface area contributed by atoms with Crippen molar-refractivity contribution >= 4 is 5.91 Å². The van der Waals surface area contributed by atoms with Crippen LogP contribution >= 0.6 is 0 Å². The second-order valence-electron chi connectivity index (χ2n) is 3.62. The normalized spacial score (nSPS) is 11.3. The fourth-order valence-corrected chi connectivity index (χ4v) is 1.23. The SMILES string of the molecule is CCCC(C)(C)NC(=O)COC. The standard InChI is InChI=1S/C9H19NO2/c1-5-6-9(2,3)10-8(11)7-12-4/h5-7H2,1-4H3,(H,10,11).